The monoisotopic (exact) mass is 293 g/mol. The van der Waals surface area contributed by atoms with Gasteiger partial charge in [-0.3, -0.25) is 10.1 Å². The summed E-state index contributed by atoms with van der Waals surface area (Å²) >= 11 is 0. The lowest BCUT2D eigenvalue weighted by molar-refractivity contribution is -0.384. The number of non-ortho nitro benzene ring substituents is 1. The molecule has 0 radical (unpaired) electrons. The molecule has 0 saturated carbocycles. The number of nitrogens with zero attached hydrogens (tertiary/aromatic N) is 2. The highest BCUT2D eigenvalue weighted by molar-refractivity contribution is 5.58. The van der Waals surface area contributed by atoms with E-state index < -0.39 is 0 Å². The molecule has 116 valence electrons. The van der Waals surface area contributed by atoms with Gasteiger partial charge in [-0.25, -0.2) is 0 Å². The zero-order valence-corrected chi connectivity index (χ0v) is 12.6. The molecule has 2 unspecified atom stereocenters. The lowest BCUT2D eigenvalue weighted by Crippen LogP contribution is -2.42. The van der Waals surface area contributed by atoms with Crippen LogP contribution in [0.15, 0.2) is 18.2 Å². The molecule has 1 aliphatic heterocycles. The highest BCUT2D eigenvalue weighted by atomic mass is 16.6. The second-order valence-electron chi connectivity index (χ2n) is 5.58. The van der Waals surface area contributed by atoms with Crippen molar-refractivity contribution in [2.45, 2.75) is 20.3 Å². The second kappa shape index (κ2) is 6.76. The molecule has 0 aromatic heterocycles. The molecule has 1 fully saturated rings. The summed E-state index contributed by atoms with van der Waals surface area (Å²) in [6.07, 6.45) is 1.05. The van der Waals surface area contributed by atoms with Gasteiger partial charge < -0.3 is 15.4 Å². The van der Waals surface area contributed by atoms with Gasteiger partial charge in [0, 0.05) is 30.9 Å². The summed E-state index contributed by atoms with van der Waals surface area (Å²) in [5, 5.41) is 11.1. The first-order valence-electron chi connectivity index (χ1n) is 7.42. The highest BCUT2D eigenvalue weighted by Crippen LogP contribution is 2.32. The van der Waals surface area contributed by atoms with Crippen molar-refractivity contribution in [2.24, 2.45) is 17.6 Å². The lowest BCUT2D eigenvalue weighted by Gasteiger charge is -2.38. The van der Waals surface area contributed by atoms with Crippen molar-refractivity contribution in [1.29, 1.82) is 0 Å². The summed E-state index contributed by atoms with van der Waals surface area (Å²) < 4.78 is 5.45. The lowest BCUT2D eigenvalue weighted by atomic mass is 9.87. The van der Waals surface area contributed by atoms with Crippen molar-refractivity contribution in [1.82, 2.24) is 0 Å². The molecule has 1 heterocycles. The minimum atomic E-state index is -0.376. The van der Waals surface area contributed by atoms with Crippen LogP contribution in [-0.4, -0.2) is 31.2 Å². The standard InChI is InChI=1S/C15H23N3O3/c1-3-21-15-7-13(6-14(8-15)18(19)20)17-5-4-11(2)12(9-16)10-17/h6-8,11-12H,3-5,9-10,16H2,1-2H3. The van der Waals surface area contributed by atoms with Crippen molar-refractivity contribution in [3.63, 3.8) is 0 Å². The van der Waals surface area contributed by atoms with Gasteiger partial charge in [-0.1, -0.05) is 6.92 Å². The summed E-state index contributed by atoms with van der Waals surface area (Å²) in [6, 6.07) is 4.96. The van der Waals surface area contributed by atoms with Gasteiger partial charge in [-0.2, -0.15) is 0 Å². The molecule has 6 heteroatoms. The second-order valence-corrected chi connectivity index (χ2v) is 5.58. The molecule has 2 atom stereocenters. The molecule has 2 N–H and O–H groups in total. The van der Waals surface area contributed by atoms with Crippen molar-refractivity contribution >= 4 is 11.4 Å². The first-order chi connectivity index (χ1) is 10.0. The van der Waals surface area contributed by atoms with E-state index >= 15 is 0 Å². The van der Waals surface area contributed by atoms with Crippen LogP contribution in [-0.2, 0) is 0 Å². The molecule has 0 aliphatic carbocycles. The number of nitro groups is 1. The predicted molar refractivity (Wildman–Crippen MR) is 82.8 cm³/mol. The Balaban J connectivity index is 2.27. The number of piperidine rings is 1. The van der Waals surface area contributed by atoms with Crippen LogP contribution in [0, 0.1) is 22.0 Å². The molecule has 6 nitrogen and oxygen atoms in total. The summed E-state index contributed by atoms with van der Waals surface area (Å²) in [7, 11) is 0. The Kier molecular flexibility index (Phi) is 5.01. The van der Waals surface area contributed by atoms with E-state index in [1.807, 2.05) is 13.0 Å². The van der Waals surface area contributed by atoms with Gasteiger partial charge in [0.05, 0.1) is 17.6 Å². The van der Waals surface area contributed by atoms with E-state index in [1.54, 1.807) is 6.07 Å². The Morgan fingerprint density at radius 2 is 2.24 bits per heavy atom. The number of anilines is 1. The molecular formula is C15H23N3O3. The maximum absolute atomic E-state index is 11.1. The van der Waals surface area contributed by atoms with E-state index in [0.717, 1.165) is 25.2 Å². The Labute approximate surface area is 125 Å². The van der Waals surface area contributed by atoms with Crippen molar-refractivity contribution < 1.29 is 9.66 Å². The fourth-order valence-electron chi connectivity index (χ4n) is 2.80. The van der Waals surface area contributed by atoms with Gasteiger partial charge in [-0.15, -0.1) is 0 Å². The number of ether oxygens (including phenoxy) is 1. The highest BCUT2D eigenvalue weighted by Gasteiger charge is 2.26. The first kappa shape index (κ1) is 15.6. The summed E-state index contributed by atoms with van der Waals surface area (Å²) in [6.45, 7) is 6.95. The zero-order chi connectivity index (χ0) is 15.4. The first-order valence-corrected chi connectivity index (χ1v) is 7.42. The van der Waals surface area contributed by atoms with Crippen LogP contribution in [0.25, 0.3) is 0 Å². The summed E-state index contributed by atoms with van der Waals surface area (Å²) in [5.74, 6) is 1.56. The quantitative estimate of drug-likeness (QED) is 0.666. The number of nitrogens with two attached hydrogens (primary N) is 1. The van der Waals surface area contributed by atoms with E-state index in [0.29, 0.717) is 30.7 Å². The van der Waals surface area contributed by atoms with E-state index in [9.17, 15) is 10.1 Å². The van der Waals surface area contributed by atoms with Crippen LogP contribution in [0.5, 0.6) is 5.75 Å². The Bertz CT molecular complexity index is 507. The van der Waals surface area contributed by atoms with Crippen molar-refractivity contribution in [3.8, 4) is 5.75 Å². The third-order valence-electron chi connectivity index (χ3n) is 4.18. The van der Waals surface area contributed by atoms with Crippen LogP contribution in [0.1, 0.15) is 20.3 Å². The van der Waals surface area contributed by atoms with Gasteiger partial charge in [0.25, 0.3) is 5.69 Å². The van der Waals surface area contributed by atoms with Gasteiger partial charge in [0.15, 0.2) is 0 Å². The summed E-state index contributed by atoms with van der Waals surface area (Å²) in [5.41, 5.74) is 6.74. The topological polar surface area (TPSA) is 81.6 Å². The average Bonchev–Trinajstić information content (AvgIpc) is 2.47. The number of rotatable bonds is 5. The number of hydrogen-bond donors (Lipinski definition) is 1. The van der Waals surface area contributed by atoms with E-state index in [1.165, 1.54) is 6.07 Å². The Hall–Kier alpha value is -1.82. The van der Waals surface area contributed by atoms with Gasteiger partial charge in [0.2, 0.25) is 0 Å². The third kappa shape index (κ3) is 3.64. The SMILES string of the molecule is CCOc1cc(N2CCC(C)C(CN)C2)cc([N+](=O)[O-])c1. The number of nitro benzene ring substituents is 1. The fraction of sp³-hybridized carbons (Fsp3) is 0.600. The molecule has 1 aliphatic rings. The van der Waals surface area contributed by atoms with Gasteiger partial charge in [0.1, 0.15) is 5.75 Å². The van der Waals surface area contributed by atoms with E-state index in [2.05, 4.69) is 11.8 Å². The smallest absolute Gasteiger partial charge is 0.275 e. The maximum atomic E-state index is 11.1. The predicted octanol–water partition coefficient (Wildman–Crippen LogP) is 2.41. The third-order valence-corrected chi connectivity index (χ3v) is 4.18. The molecule has 1 aromatic rings. The van der Waals surface area contributed by atoms with Crippen LogP contribution in [0.4, 0.5) is 11.4 Å². The Morgan fingerprint density at radius 3 is 2.86 bits per heavy atom. The fourth-order valence-corrected chi connectivity index (χ4v) is 2.80. The van der Waals surface area contributed by atoms with Crippen LogP contribution in [0.3, 0.4) is 0 Å². The molecule has 0 amide bonds. The Morgan fingerprint density at radius 1 is 1.48 bits per heavy atom. The minimum absolute atomic E-state index is 0.0684. The van der Waals surface area contributed by atoms with Crippen LogP contribution >= 0.6 is 0 Å². The molecule has 2 rings (SSSR count). The molecule has 0 spiro atoms. The maximum Gasteiger partial charge on any atom is 0.275 e. The van der Waals surface area contributed by atoms with Crippen LogP contribution < -0.4 is 15.4 Å². The number of benzene rings is 1. The minimum Gasteiger partial charge on any atom is -0.494 e. The molecule has 1 saturated heterocycles. The van der Waals surface area contributed by atoms with E-state index in [4.69, 9.17) is 10.5 Å². The zero-order valence-electron chi connectivity index (χ0n) is 12.6. The van der Waals surface area contributed by atoms with E-state index in [-0.39, 0.29) is 10.6 Å². The molecule has 0 bridgehead atoms. The largest absolute Gasteiger partial charge is 0.494 e. The molecular weight excluding hydrogens is 270 g/mol. The molecule has 21 heavy (non-hydrogen) atoms. The van der Waals surface area contributed by atoms with Crippen molar-refractivity contribution in [3.05, 3.63) is 28.3 Å². The van der Waals surface area contributed by atoms with Crippen molar-refractivity contribution in [2.75, 3.05) is 31.1 Å². The molecule has 1 aromatic carbocycles. The van der Waals surface area contributed by atoms with Gasteiger partial charge >= 0.3 is 0 Å². The van der Waals surface area contributed by atoms with Gasteiger partial charge in [-0.05, 0) is 31.7 Å². The normalized spacial score (nSPS) is 22.1. The number of hydrogen-bond acceptors (Lipinski definition) is 5. The average molecular weight is 293 g/mol. The van der Waals surface area contributed by atoms with Crippen LogP contribution in [0.2, 0.25) is 0 Å². The summed E-state index contributed by atoms with van der Waals surface area (Å²) in [4.78, 5) is 12.9.